The minimum atomic E-state index is 0.192. The molecule has 6 heteroatoms. The summed E-state index contributed by atoms with van der Waals surface area (Å²) in [6.07, 6.45) is 2.58. The summed E-state index contributed by atoms with van der Waals surface area (Å²) in [5.74, 6) is 1.94. The fourth-order valence-electron chi connectivity index (χ4n) is 3.05. The molecule has 1 aromatic rings. The van der Waals surface area contributed by atoms with Gasteiger partial charge in [0.25, 0.3) is 0 Å². The molecule has 2 aliphatic heterocycles. The number of nitrogen functional groups attached to an aromatic ring is 1. The van der Waals surface area contributed by atoms with Crippen molar-refractivity contribution in [3.63, 3.8) is 0 Å². The molecule has 0 bridgehead atoms. The number of rotatable bonds is 1. The van der Waals surface area contributed by atoms with Gasteiger partial charge in [-0.2, -0.15) is 4.98 Å². The summed E-state index contributed by atoms with van der Waals surface area (Å²) in [4.78, 5) is 22.1. The highest BCUT2D eigenvalue weighted by molar-refractivity contribution is 5.77. The van der Waals surface area contributed by atoms with Crippen LogP contribution >= 0.6 is 0 Å². The van der Waals surface area contributed by atoms with Gasteiger partial charge in [0, 0.05) is 37.3 Å². The van der Waals surface area contributed by atoms with E-state index in [9.17, 15) is 4.79 Å². The van der Waals surface area contributed by atoms with E-state index in [1.54, 1.807) is 0 Å². The molecule has 102 valence electrons. The molecule has 1 amide bonds. The molecular formula is C13H19N5O. The van der Waals surface area contributed by atoms with Crippen molar-refractivity contribution in [2.24, 2.45) is 5.92 Å². The Morgan fingerprint density at radius 3 is 3.05 bits per heavy atom. The maximum atomic E-state index is 11.4. The van der Waals surface area contributed by atoms with Crippen molar-refractivity contribution in [2.45, 2.75) is 32.2 Å². The first-order valence-electron chi connectivity index (χ1n) is 6.77. The molecule has 2 atom stereocenters. The Balaban J connectivity index is 1.75. The van der Waals surface area contributed by atoms with Crippen molar-refractivity contribution in [3.05, 3.63) is 11.8 Å². The van der Waals surface area contributed by atoms with E-state index in [1.165, 1.54) is 0 Å². The number of amides is 1. The number of aromatic nitrogens is 2. The van der Waals surface area contributed by atoms with Crippen molar-refractivity contribution in [1.29, 1.82) is 0 Å². The second-order valence-corrected chi connectivity index (χ2v) is 5.43. The lowest BCUT2D eigenvalue weighted by Gasteiger charge is -2.41. The van der Waals surface area contributed by atoms with Crippen LogP contribution in [-0.4, -0.2) is 35.0 Å². The second-order valence-electron chi connectivity index (χ2n) is 5.43. The smallest absolute Gasteiger partial charge is 0.222 e. The van der Waals surface area contributed by atoms with Crippen molar-refractivity contribution in [1.82, 2.24) is 15.3 Å². The molecule has 2 unspecified atom stereocenters. The second kappa shape index (κ2) is 4.68. The molecule has 2 aliphatic rings. The maximum absolute atomic E-state index is 11.4. The molecule has 3 heterocycles. The molecule has 0 aliphatic carbocycles. The summed E-state index contributed by atoms with van der Waals surface area (Å²) in [6, 6.07) is 2.30. The molecule has 0 saturated carbocycles. The van der Waals surface area contributed by atoms with Crippen molar-refractivity contribution in [3.8, 4) is 0 Å². The van der Waals surface area contributed by atoms with E-state index in [0.29, 0.717) is 24.3 Å². The first-order chi connectivity index (χ1) is 9.11. The van der Waals surface area contributed by atoms with Gasteiger partial charge >= 0.3 is 0 Å². The van der Waals surface area contributed by atoms with Gasteiger partial charge in [-0.05, 0) is 25.7 Å². The average Bonchev–Trinajstić information content (AvgIpc) is 2.37. The zero-order valence-corrected chi connectivity index (χ0v) is 11.1. The van der Waals surface area contributed by atoms with Crippen LogP contribution in [-0.2, 0) is 4.79 Å². The Labute approximate surface area is 112 Å². The predicted molar refractivity (Wildman–Crippen MR) is 72.7 cm³/mol. The highest BCUT2D eigenvalue weighted by Gasteiger charge is 2.34. The van der Waals surface area contributed by atoms with Crippen LogP contribution in [0.1, 0.15) is 25.0 Å². The third-order valence-corrected chi connectivity index (χ3v) is 4.00. The number of hydrogen-bond acceptors (Lipinski definition) is 5. The van der Waals surface area contributed by atoms with E-state index in [4.69, 9.17) is 5.73 Å². The lowest BCUT2D eigenvalue weighted by Crippen LogP contribution is -2.54. The standard InChI is InChI=1S/C13H19N5O/c1-8-6-11(17-13(14)15-8)18-5-4-10-9(7-18)2-3-12(19)16-10/h6,9-10H,2-5,7H2,1H3,(H,16,19)(H2,14,15,17). The Morgan fingerprint density at radius 1 is 1.42 bits per heavy atom. The largest absolute Gasteiger partial charge is 0.368 e. The number of carbonyl (C=O) groups excluding carboxylic acids is 1. The zero-order valence-electron chi connectivity index (χ0n) is 11.1. The van der Waals surface area contributed by atoms with E-state index in [2.05, 4.69) is 20.2 Å². The molecule has 0 radical (unpaired) electrons. The average molecular weight is 261 g/mol. The number of aryl methyl sites for hydroxylation is 1. The number of nitrogens with two attached hydrogens (primary N) is 1. The molecule has 3 rings (SSSR count). The number of fused-ring (bicyclic) bond motifs is 1. The molecule has 3 N–H and O–H groups in total. The van der Waals surface area contributed by atoms with Crippen LogP contribution in [0, 0.1) is 12.8 Å². The summed E-state index contributed by atoms with van der Waals surface area (Å²) in [5.41, 5.74) is 6.60. The van der Waals surface area contributed by atoms with Gasteiger partial charge in [-0.1, -0.05) is 0 Å². The Hall–Kier alpha value is -1.85. The van der Waals surface area contributed by atoms with Crippen LogP contribution in [0.2, 0.25) is 0 Å². The highest BCUT2D eigenvalue weighted by Crippen LogP contribution is 2.28. The van der Waals surface area contributed by atoms with E-state index >= 15 is 0 Å². The van der Waals surface area contributed by atoms with Crippen molar-refractivity contribution < 1.29 is 4.79 Å². The third-order valence-electron chi connectivity index (χ3n) is 4.00. The number of anilines is 2. The molecule has 0 aromatic carbocycles. The van der Waals surface area contributed by atoms with Crippen LogP contribution in [0.15, 0.2) is 6.07 Å². The molecule has 6 nitrogen and oxygen atoms in total. The highest BCUT2D eigenvalue weighted by atomic mass is 16.1. The van der Waals surface area contributed by atoms with Gasteiger partial charge in [0.15, 0.2) is 0 Å². The molecule has 0 spiro atoms. The van der Waals surface area contributed by atoms with Gasteiger partial charge < -0.3 is 16.0 Å². The van der Waals surface area contributed by atoms with Gasteiger partial charge in [0.05, 0.1) is 0 Å². The quantitative estimate of drug-likeness (QED) is 0.768. The minimum absolute atomic E-state index is 0.192. The molecule has 19 heavy (non-hydrogen) atoms. The molecule has 2 saturated heterocycles. The van der Waals surface area contributed by atoms with E-state index < -0.39 is 0 Å². The van der Waals surface area contributed by atoms with Crippen LogP contribution in [0.4, 0.5) is 11.8 Å². The summed E-state index contributed by atoms with van der Waals surface area (Å²) in [7, 11) is 0. The van der Waals surface area contributed by atoms with Crippen LogP contribution < -0.4 is 16.0 Å². The predicted octanol–water partition coefficient (Wildman–Crippen LogP) is 0.472. The normalized spacial score (nSPS) is 26.8. The van der Waals surface area contributed by atoms with Gasteiger partial charge in [-0.15, -0.1) is 0 Å². The fraction of sp³-hybridized carbons (Fsp3) is 0.615. The van der Waals surface area contributed by atoms with Crippen LogP contribution in [0.25, 0.3) is 0 Å². The zero-order chi connectivity index (χ0) is 13.4. The Kier molecular flexibility index (Phi) is 3.00. The Morgan fingerprint density at radius 2 is 2.26 bits per heavy atom. The molecular weight excluding hydrogens is 242 g/mol. The topological polar surface area (TPSA) is 84.1 Å². The van der Waals surface area contributed by atoms with Crippen LogP contribution in [0.5, 0.6) is 0 Å². The Bertz CT molecular complexity index is 484. The molecule has 2 fully saturated rings. The molecule has 1 aromatic heterocycles. The van der Waals surface area contributed by atoms with E-state index in [0.717, 1.165) is 37.4 Å². The monoisotopic (exact) mass is 261 g/mol. The summed E-state index contributed by atoms with van der Waals surface area (Å²) in [5, 5.41) is 3.09. The van der Waals surface area contributed by atoms with Crippen LogP contribution in [0.3, 0.4) is 0 Å². The number of hydrogen-bond donors (Lipinski definition) is 2. The van der Waals surface area contributed by atoms with Gasteiger partial charge in [0.2, 0.25) is 11.9 Å². The first-order valence-corrected chi connectivity index (χ1v) is 6.77. The van der Waals surface area contributed by atoms with E-state index in [1.807, 2.05) is 13.0 Å². The number of carbonyl (C=O) groups is 1. The van der Waals surface area contributed by atoms with Gasteiger partial charge in [0.1, 0.15) is 5.82 Å². The first kappa shape index (κ1) is 12.2. The SMILES string of the molecule is Cc1cc(N2CCC3NC(=O)CCC3C2)nc(N)n1. The van der Waals surface area contributed by atoms with E-state index in [-0.39, 0.29) is 5.91 Å². The lowest BCUT2D eigenvalue weighted by atomic mass is 9.85. The third kappa shape index (κ3) is 2.47. The number of piperidine rings is 2. The minimum Gasteiger partial charge on any atom is -0.368 e. The lowest BCUT2D eigenvalue weighted by molar-refractivity contribution is -0.124. The summed E-state index contributed by atoms with van der Waals surface area (Å²) >= 11 is 0. The summed E-state index contributed by atoms with van der Waals surface area (Å²) in [6.45, 7) is 3.76. The van der Waals surface area contributed by atoms with Crippen molar-refractivity contribution >= 4 is 17.7 Å². The van der Waals surface area contributed by atoms with Gasteiger partial charge in [-0.25, -0.2) is 4.98 Å². The van der Waals surface area contributed by atoms with Gasteiger partial charge in [-0.3, -0.25) is 4.79 Å². The number of nitrogens with one attached hydrogen (secondary N) is 1. The number of nitrogens with zero attached hydrogens (tertiary/aromatic N) is 3. The summed E-state index contributed by atoms with van der Waals surface area (Å²) < 4.78 is 0. The van der Waals surface area contributed by atoms with Crippen molar-refractivity contribution in [2.75, 3.05) is 23.7 Å². The maximum Gasteiger partial charge on any atom is 0.222 e. The fourth-order valence-corrected chi connectivity index (χ4v) is 3.05.